The Bertz CT molecular complexity index is 676. The minimum Gasteiger partial charge on any atom is -0.508 e. The molecule has 0 aliphatic heterocycles. The molecule has 3 N–H and O–H groups in total. The maximum Gasteiger partial charge on any atom is 0.408 e. The summed E-state index contributed by atoms with van der Waals surface area (Å²) in [4.78, 5) is 35.9. The molecule has 0 bridgehead atoms. The van der Waals surface area contributed by atoms with Gasteiger partial charge in [-0.3, -0.25) is 4.79 Å². The van der Waals surface area contributed by atoms with Gasteiger partial charge in [0.25, 0.3) is 0 Å². The van der Waals surface area contributed by atoms with Crippen LogP contribution >= 0.6 is 0 Å². The van der Waals surface area contributed by atoms with Gasteiger partial charge in [-0.05, 0) is 38.5 Å². The molecule has 26 heavy (non-hydrogen) atoms. The van der Waals surface area contributed by atoms with E-state index in [4.69, 9.17) is 4.74 Å². The molecule has 0 unspecified atom stereocenters. The van der Waals surface area contributed by atoms with Crippen LogP contribution in [0.3, 0.4) is 0 Å². The Morgan fingerprint density at radius 2 is 1.77 bits per heavy atom. The highest BCUT2D eigenvalue weighted by Gasteiger charge is 2.26. The molecule has 8 nitrogen and oxygen atoms in total. The van der Waals surface area contributed by atoms with Gasteiger partial charge in [0.2, 0.25) is 5.91 Å². The second-order valence-corrected chi connectivity index (χ2v) is 6.53. The number of phenolic OH excluding ortho intramolecular Hbond substituents is 1. The Kier molecular flexibility index (Phi) is 7.18. The molecule has 142 valence electrons. The molecular weight excluding hydrogens is 340 g/mol. The molecule has 8 heteroatoms. The molecule has 0 saturated carbocycles. The number of ether oxygens (including phenoxy) is 2. The Balaban J connectivity index is 2.91. The molecule has 0 aliphatic carbocycles. The van der Waals surface area contributed by atoms with E-state index in [1.54, 1.807) is 32.9 Å². The van der Waals surface area contributed by atoms with Gasteiger partial charge in [0.15, 0.2) is 0 Å². The van der Waals surface area contributed by atoms with Gasteiger partial charge in [0.1, 0.15) is 23.1 Å². The molecule has 0 heterocycles. The molecule has 0 aliphatic rings. The van der Waals surface area contributed by atoms with Crippen LogP contribution in [-0.2, 0) is 25.5 Å². The van der Waals surface area contributed by atoms with Crippen LogP contribution < -0.4 is 10.6 Å². The summed E-state index contributed by atoms with van der Waals surface area (Å²) < 4.78 is 9.64. The van der Waals surface area contributed by atoms with E-state index in [-0.39, 0.29) is 17.9 Å². The number of hydrogen-bond acceptors (Lipinski definition) is 6. The molecule has 1 rings (SSSR count). The first kappa shape index (κ1) is 21.0. The van der Waals surface area contributed by atoms with Crippen LogP contribution in [0, 0.1) is 0 Å². The third-order valence-corrected chi connectivity index (χ3v) is 3.09. The smallest absolute Gasteiger partial charge is 0.408 e. The Hall–Kier alpha value is -3.03. The lowest BCUT2D eigenvalue weighted by atomic mass is 10.0. The average molecular weight is 364 g/mol. The van der Waals surface area contributed by atoms with Gasteiger partial charge in [-0.25, -0.2) is 9.59 Å². The molecule has 1 aromatic carbocycles. The Morgan fingerprint density at radius 1 is 1.19 bits per heavy atom. The van der Waals surface area contributed by atoms with Crippen molar-refractivity contribution in [2.45, 2.75) is 38.8 Å². The Morgan fingerprint density at radius 3 is 2.27 bits per heavy atom. The summed E-state index contributed by atoms with van der Waals surface area (Å²) >= 11 is 0. The second kappa shape index (κ2) is 8.89. The van der Waals surface area contributed by atoms with Crippen LogP contribution in [0.25, 0.3) is 0 Å². The number of alkyl carbamates (subject to hydrolysis) is 1. The summed E-state index contributed by atoms with van der Waals surface area (Å²) in [5, 5.41) is 14.1. The van der Waals surface area contributed by atoms with Crippen molar-refractivity contribution in [2.75, 3.05) is 7.11 Å². The van der Waals surface area contributed by atoms with Crippen LogP contribution in [0.15, 0.2) is 36.5 Å². The lowest BCUT2D eigenvalue weighted by Gasteiger charge is -2.23. The summed E-state index contributed by atoms with van der Waals surface area (Å²) in [7, 11) is 1.16. The standard InChI is InChI=1S/C18H24N2O6/c1-11(16(23)25-5)19-15(22)14(20-17(24)26-18(2,3)4)10-12-6-8-13(21)9-7-12/h6-9,14,21H,1,10H2,2-5H3,(H,19,22)(H,20,24)/t14-/m0/s1. The van der Waals surface area contributed by atoms with E-state index in [0.717, 1.165) is 7.11 Å². The maximum atomic E-state index is 12.4. The van der Waals surface area contributed by atoms with Crippen molar-refractivity contribution in [3.8, 4) is 5.75 Å². The lowest BCUT2D eigenvalue weighted by Crippen LogP contribution is -2.49. The topological polar surface area (TPSA) is 114 Å². The van der Waals surface area contributed by atoms with Crippen LogP contribution in [0.4, 0.5) is 4.79 Å². The van der Waals surface area contributed by atoms with Crippen molar-refractivity contribution >= 4 is 18.0 Å². The van der Waals surface area contributed by atoms with Crippen molar-refractivity contribution in [1.29, 1.82) is 0 Å². The lowest BCUT2D eigenvalue weighted by molar-refractivity contribution is -0.138. The van der Waals surface area contributed by atoms with Crippen LogP contribution in [-0.4, -0.2) is 41.8 Å². The first-order chi connectivity index (χ1) is 12.0. The number of rotatable bonds is 6. The van der Waals surface area contributed by atoms with Gasteiger partial charge < -0.3 is 25.2 Å². The molecular formula is C18H24N2O6. The maximum absolute atomic E-state index is 12.4. The van der Waals surface area contributed by atoms with E-state index < -0.39 is 29.6 Å². The van der Waals surface area contributed by atoms with Crippen LogP contribution in [0.2, 0.25) is 0 Å². The number of hydrogen-bond donors (Lipinski definition) is 3. The monoisotopic (exact) mass is 364 g/mol. The zero-order valence-corrected chi connectivity index (χ0v) is 15.3. The zero-order valence-electron chi connectivity index (χ0n) is 15.3. The minimum atomic E-state index is -1.03. The summed E-state index contributed by atoms with van der Waals surface area (Å²) in [5.74, 6) is -1.37. The van der Waals surface area contributed by atoms with Crippen molar-refractivity contribution in [3.05, 3.63) is 42.1 Å². The number of benzene rings is 1. The first-order valence-corrected chi connectivity index (χ1v) is 7.87. The van der Waals surface area contributed by atoms with E-state index in [1.807, 2.05) is 0 Å². The average Bonchev–Trinajstić information content (AvgIpc) is 2.53. The number of methoxy groups -OCH3 is 1. The zero-order chi connectivity index (χ0) is 19.9. The molecule has 0 radical (unpaired) electrons. The SMILES string of the molecule is C=C(NC(=O)[C@H](Cc1ccc(O)cc1)NC(=O)OC(C)(C)C)C(=O)OC. The second-order valence-electron chi connectivity index (χ2n) is 6.53. The van der Waals surface area contributed by atoms with Gasteiger partial charge in [-0.15, -0.1) is 0 Å². The highest BCUT2D eigenvalue weighted by atomic mass is 16.6. The highest BCUT2D eigenvalue weighted by molar-refractivity contribution is 5.95. The van der Waals surface area contributed by atoms with Gasteiger partial charge in [-0.1, -0.05) is 18.7 Å². The molecule has 0 fully saturated rings. The molecule has 0 aromatic heterocycles. The van der Waals surface area contributed by atoms with Crippen molar-refractivity contribution in [2.24, 2.45) is 0 Å². The quantitative estimate of drug-likeness (QED) is 0.522. The third-order valence-electron chi connectivity index (χ3n) is 3.09. The summed E-state index contributed by atoms with van der Waals surface area (Å²) in [6, 6.07) is 5.12. The molecule has 1 aromatic rings. The van der Waals surface area contributed by atoms with Gasteiger partial charge in [-0.2, -0.15) is 0 Å². The van der Waals surface area contributed by atoms with E-state index in [2.05, 4.69) is 21.9 Å². The van der Waals surface area contributed by atoms with Gasteiger partial charge in [0, 0.05) is 6.42 Å². The molecule has 2 amide bonds. The number of carbonyl (C=O) groups is 3. The number of esters is 1. The molecule has 0 spiro atoms. The largest absolute Gasteiger partial charge is 0.508 e. The van der Waals surface area contributed by atoms with E-state index in [9.17, 15) is 19.5 Å². The predicted molar refractivity (Wildman–Crippen MR) is 94.3 cm³/mol. The highest BCUT2D eigenvalue weighted by Crippen LogP contribution is 2.12. The normalized spacial score (nSPS) is 11.8. The predicted octanol–water partition coefficient (Wildman–Crippen LogP) is 1.63. The fourth-order valence-corrected chi connectivity index (χ4v) is 1.94. The third kappa shape index (κ3) is 7.25. The number of phenols is 1. The van der Waals surface area contributed by atoms with E-state index in [0.29, 0.717) is 5.56 Å². The van der Waals surface area contributed by atoms with Crippen molar-refractivity contribution < 1.29 is 29.0 Å². The van der Waals surface area contributed by atoms with E-state index >= 15 is 0 Å². The van der Waals surface area contributed by atoms with Gasteiger partial charge in [0.05, 0.1) is 7.11 Å². The van der Waals surface area contributed by atoms with Gasteiger partial charge >= 0.3 is 12.1 Å². The number of aromatic hydroxyl groups is 1. The summed E-state index contributed by atoms with van der Waals surface area (Å²) in [6.07, 6.45) is -0.667. The summed E-state index contributed by atoms with van der Waals surface area (Å²) in [5.41, 5.74) is -0.305. The minimum absolute atomic E-state index is 0.0777. The van der Waals surface area contributed by atoms with Crippen molar-refractivity contribution in [3.63, 3.8) is 0 Å². The summed E-state index contributed by atoms with van der Waals surface area (Å²) in [6.45, 7) is 8.51. The Labute approximate surface area is 152 Å². The first-order valence-electron chi connectivity index (χ1n) is 7.87. The van der Waals surface area contributed by atoms with Crippen LogP contribution in [0.1, 0.15) is 26.3 Å². The van der Waals surface area contributed by atoms with Crippen LogP contribution in [0.5, 0.6) is 5.75 Å². The van der Waals surface area contributed by atoms with E-state index in [1.165, 1.54) is 12.1 Å². The number of carbonyl (C=O) groups excluding carboxylic acids is 3. The molecule has 1 atom stereocenters. The fourth-order valence-electron chi connectivity index (χ4n) is 1.94. The number of nitrogens with one attached hydrogen (secondary N) is 2. The number of amides is 2. The molecule has 0 saturated heterocycles. The fraction of sp³-hybridized carbons (Fsp3) is 0.389. The van der Waals surface area contributed by atoms with Crippen molar-refractivity contribution in [1.82, 2.24) is 10.6 Å².